The van der Waals surface area contributed by atoms with Crippen LogP contribution in [0.15, 0.2) is 12.1 Å². The molecule has 1 heterocycles. The van der Waals surface area contributed by atoms with Crippen molar-refractivity contribution in [3.8, 4) is 0 Å². The highest BCUT2D eigenvalue weighted by molar-refractivity contribution is 5.46. The zero-order valence-corrected chi connectivity index (χ0v) is 10.0. The summed E-state index contributed by atoms with van der Waals surface area (Å²) < 4.78 is 0. The van der Waals surface area contributed by atoms with Crippen LogP contribution in [0.1, 0.15) is 30.5 Å². The Bertz CT molecular complexity index is 389. The predicted octanol–water partition coefficient (Wildman–Crippen LogP) is 2.58. The molecule has 0 unspecified atom stereocenters. The lowest BCUT2D eigenvalue weighted by Crippen LogP contribution is -2.24. The number of aryl methyl sites for hydroxylation is 1. The minimum absolute atomic E-state index is 0.199. The normalized spacial score (nSPS) is 13.4. The Morgan fingerprint density at radius 1 is 1.38 bits per heavy atom. The first-order valence-corrected chi connectivity index (χ1v) is 5.66. The fraction of sp³-hybridized carbons (Fsp3) is 0.500. The number of hydrogen-bond acceptors (Lipinski definition) is 3. The van der Waals surface area contributed by atoms with Crippen molar-refractivity contribution in [2.75, 3.05) is 6.54 Å². The van der Waals surface area contributed by atoms with Gasteiger partial charge in [0.05, 0.1) is 4.92 Å². The number of nitro groups is 1. The fourth-order valence-electron chi connectivity index (χ4n) is 1.93. The summed E-state index contributed by atoms with van der Waals surface area (Å²) in [6.07, 6.45) is 0.971. The molecule has 0 radical (unpaired) electrons. The Morgan fingerprint density at radius 3 is 2.69 bits per heavy atom. The minimum Gasteiger partial charge on any atom is -0.312 e. The third-order valence-corrected chi connectivity index (χ3v) is 2.63. The van der Waals surface area contributed by atoms with Crippen LogP contribution in [0.25, 0.3) is 0 Å². The second kappa shape index (κ2) is 5.61. The number of fused-ring (bicyclic) bond motifs is 1. The van der Waals surface area contributed by atoms with Crippen LogP contribution in [0.5, 0.6) is 0 Å². The van der Waals surface area contributed by atoms with Crippen LogP contribution in [0.2, 0.25) is 0 Å². The van der Waals surface area contributed by atoms with Gasteiger partial charge in [0.1, 0.15) is 0 Å². The van der Waals surface area contributed by atoms with E-state index in [1.54, 1.807) is 12.1 Å². The van der Waals surface area contributed by atoms with Gasteiger partial charge in [-0.3, -0.25) is 10.1 Å². The van der Waals surface area contributed by atoms with E-state index in [9.17, 15) is 10.1 Å². The van der Waals surface area contributed by atoms with Gasteiger partial charge in [0.25, 0.3) is 5.69 Å². The molecular weight excluding hydrogens is 204 g/mol. The van der Waals surface area contributed by atoms with Crippen LogP contribution in [0, 0.1) is 17.0 Å². The quantitative estimate of drug-likeness (QED) is 0.587. The summed E-state index contributed by atoms with van der Waals surface area (Å²) in [7, 11) is 0. The maximum atomic E-state index is 10.6. The van der Waals surface area contributed by atoms with Crippen molar-refractivity contribution >= 4 is 5.69 Å². The van der Waals surface area contributed by atoms with Crippen LogP contribution in [0.3, 0.4) is 0 Å². The monoisotopic (exact) mass is 222 g/mol. The summed E-state index contributed by atoms with van der Waals surface area (Å²) in [5, 5.41) is 13.8. The molecule has 4 heteroatoms. The summed E-state index contributed by atoms with van der Waals surface area (Å²) in [5.74, 6) is 0. The Hall–Kier alpha value is -1.42. The van der Waals surface area contributed by atoms with E-state index in [1.165, 1.54) is 5.56 Å². The van der Waals surface area contributed by atoms with Gasteiger partial charge in [-0.15, -0.1) is 0 Å². The van der Waals surface area contributed by atoms with E-state index in [-0.39, 0.29) is 10.6 Å². The Morgan fingerprint density at radius 2 is 2.06 bits per heavy atom. The molecule has 1 aliphatic heterocycles. The average molecular weight is 222 g/mol. The van der Waals surface area contributed by atoms with Crippen LogP contribution >= 0.6 is 0 Å². The van der Waals surface area contributed by atoms with Gasteiger partial charge in [-0.25, -0.2) is 0 Å². The lowest BCUT2D eigenvalue weighted by molar-refractivity contribution is -0.385. The summed E-state index contributed by atoms with van der Waals surface area (Å²) in [5.41, 5.74) is 3.58. The number of nitrogens with one attached hydrogen (secondary N) is 1. The molecule has 1 aromatic carbocycles. The Balaban J connectivity index is 0.000000606. The van der Waals surface area contributed by atoms with E-state index in [2.05, 4.69) is 5.32 Å². The van der Waals surface area contributed by atoms with Crippen molar-refractivity contribution in [3.63, 3.8) is 0 Å². The fourth-order valence-corrected chi connectivity index (χ4v) is 1.93. The van der Waals surface area contributed by atoms with Crippen molar-refractivity contribution in [3.05, 3.63) is 38.9 Å². The molecule has 0 fully saturated rings. The average Bonchev–Trinajstić information content (AvgIpc) is 2.31. The van der Waals surface area contributed by atoms with Gasteiger partial charge in [-0.2, -0.15) is 0 Å². The summed E-state index contributed by atoms with van der Waals surface area (Å²) in [6.45, 7) is 7.65. The van der Waals surface area contributed by atoms with E-state index < -0.39 is 0 Å². The number of non-ortho nitro benzene ring substituents is 1. The molecule has 1 aromatic rings. The zero-order chi connectivity index (χ0) is 12.1. The van der Waals surface area contributed by atoms with E-state index in [0.29, 0.717) is 0 Å². The molecular formula is C12H18N2O2. The van der Waals surface area contributed by atoms with Gasteiger partial charge in [-0.1, -0.05) is 13.8 Å². The minimum atomic E-state index is -0.331. The highest BCUT2D eigenvalue weighted by Crippen LogP contribution is 2.24. The molecule has 1 aliphatic rings. The van der Waals surface area contributed by atoms with Gasteiger partial charge < -0.3 is 5.32 Å². The summed E-state index contributed by atoms with van der Waals surface area (Å²) in [6, 6.07) is 3.33. The first-order chi connectivity index (χ1) is 7.68. The third-order valence-electron chi connectivity index (χ3n) is 2.63. The highest BCUT2D eigenvalue weighted by atomic mass is 16.6. The lowest BCUT2D eigenvalue weighted by Gasteiger charge is -2.18. The van der Waals surface area contributed by atoms with Crippen molar-refractivity contribution in [2.24, 2.45) is 0 Å². The highest BCUT2D eigenvalue weighted by Gasteiger charge is 2.16. The van der Waals surface area contributed by atoms with Crippen molar-refractivity contribution in [1.29, 1.82) is 0 Å². The standard InChI is InChI=1S/C10H12N2O2.C2H6/c1-7-4-9(12(13)14)5-8-6-11-3-2-10(7)8;1-2/h4-5,11H,2-3,6H2,1H3;1-2H3. The third kappa shape index (κ3) is 2.58. The number of hydrogen-bond donors (Lipinski definition) is 1. The molecule has 0 bridgehead atoms. The van der Waals surface area contributed by atoms with E-state index in [4.69, 9.17) is 0 Å². The van der Waals surface area contributed by atoms with Gasteiger partial charge in [-0.05, 0) is 36.6 Å². The first kappa shape index (κ1) is 12.6. The molecule has 0 aliphatic carbocycles. The van der Waals surface area contributed by atoms with Crippen molar-refractivity contribution in [1.82, 2.24) is 5.32 Å². The molecule has 4 nitrogen and oxygen atoms in total. The Labute approximate surface area is 95.8 Å². The van der Waals surface area contributed by atoms with Gasteiger partial charge >= 0.3 is 0 Å². The van der Waals surface area contributed by atoms with Crippen LogP contribution < -0.4 is 5.32 Å². The second-order valence-corrected chi connectivity index (χ2v) is 3.58. The maximum absolute atomic E-state index is 10.6. The maximum Gasteiger partial charge on any atom is 0.270 e. The van der Waals surface area contributed by atoms with E-state index >= 15 is 0 Å². The van der Waals surface area contributed by atoms with Crippen molar-refractivity contribution < 1.29 is 4.92 Å². The SMILES string of the molecule is CC.Cc1cc([N+](=O)[O-])cc2c1CCNC2. The number of rotatable bonds is 1. The molecule has 0 atom stereocenters. The van der Waals surface area contributed by atoms with Gasteiger partial charge in [0.2, 0.25) is 0 Å². The molecule has 16 heavy (non-hydrogen) atoms. The summed E-state index contributed by atoms with van der Waals surface area (Å²) in [4.78, 5) is 10.3. The van der Waals surface area contributed by atoms with Crippen LogP contribution in [-0.4, -0.2) is 11.5 Å². The zero-order valence-electron chi connectivity index (χ0n) is 10.0. The number of benzene rings is 1. The molecule has 0 aromatic heterocycles. The smallest absolute Gasteiger partial charge is 0.270 e. The van der Waals surface area contributed by atoms with Crippen molar-refractivity contribution in [2.45, 2.75) is 33.7 Å². The molecule has 0 saturated heterocycles. The van der Waals surface area contributed by atoms with Crippen LogP contribution in [0.4, 0.5) is 5.69 Å². The predicted molar refractivity (Wildman–Crippen MR) is 64.6 cm³/mol. The molecule has 1 N–H and O–H groups in total. The van der Waals surface area contributed by atoms with Crippen LogP contribution in [-0.2, 0) is 13.0 Å². The topological polar surface area (TPSA) is 55.2 Å². The largest absolute Gasteiger partial charge is 0.312 e. The second-order valence-electron chi connectivity index (χ2n) is 3.58. The van der Waals surface area contributed by atoms with E-state index in [1.807, 2.05) is 20.8 Å². The number of nitro benzene ring substituents is 1. The molecule has 88 valence electrons. The van der Waals surface area contributed by atoms with Gasteiger partial charge in [0.15, 0.2) is 0 Å². The first-order valence-electron chi connectivity index (χ1n) is 5.66. The molecule has 0 spiro atoms. The Kier molecular flexibility index (Phi) is 4.43. The molecule has 0 amide bonds. The lowest BCUT2D eigenvalue weighted by atomic mass is 9.95. The summed E-state index contributed by atoms with van der Waals surface area (Å²) >= 11 is 0. The number of nitrogens with zero attached hydrogens (tertiary/aromatic N) is 1. The molecule has 2 rings (SSSR count). The van der Waals surface area contributed by atoms with Gasteiger partial charge in [0, 0.05) is 18.7 Å². The van der Waals surface area contributed by atoms with E-state index in [0.717, 1.165) is 30.6 Å². The molecule has 0 saturated carbocycles.